The lowest BCUT2D eigenvalue weighted by Crippen LogP contribution is -2.54. The minimum absolute atomic E-state index is 0.0108. The summed E-state index contributed by atoms with van der Waals surface area (Å²) in [5, 5.41) is 3.45. The van der Waals surface area contributed by atoms with Crippen LogP contribution in [0.3, 0.4) is 0 Å². The van der Waals surface area contributed by atoms with Crippen molar-refractivity contribution in [3.8, 4) is 5.75 Å². The van der Waals surface area contributed by atoms with E-state index in [1.54, 1.807) is 66.7 Å². The number of methoxy groups -OCH3 is 1. The van der Waals surface area contributed by atoms with Gasteiger partial charge < -0.3 is 15.0 Å². The molecular weight excluding hydrogens is 610 g/mol. The first-order chi connectivity index (χ1) is 21.6. The average molecular weight is 648 g/mol. The van der Waals surface area contributed by atoms with Crippen molar-refractivity contribution in [3.63, 3.8) is 0 Å². The van der Waals surface area contributed by atoms with Gasteiger partial charge >= 0.3 is 0 Å². The molecule has 0 bridgehead atoms. The summed E-state index contributed by atoms with van der Waals surface area (Å²) in [5.74, 6) is -0.651. The molecule has 2 atom stereocenters. The lowest BCUT2D eigenvalue weighted by Gasteiger charge is -2.34. The van der Waals surface area contributed by atoms with Crippen molar-refractivity contribution in [1.82, 2.24) is 10.2 Å². The normalized spacial score (nSPS) is 12.5. The van der Waals surface area contributed by atoms with Crippen LogP contribution in [0, 0.1) is 0 Å². The van der Waals surface area contributed by atoms with Crippen LogP contribution in [0.5, 0.6) is 5.75 Å². The number of carbonyl (C=O) groups excluding carboxylic acids is 2. The first-order valence-electron chi connectivity index (χ1n) is 14.7. The highest BCUT2D eigenvalue weighted by Crippen LogP contribution is 2.33. The summed E-state index contributed by atoms with van der Waals surface area (Å²) in [6.45, 7) is 3.25. The third-order valence-electron chi connectivity index (χ3n) is 7.53. The molecule has 0 fully saturated rings. The van der Waals surface area contributed by atoms with E-state index < -0.39 is 28.5 Å². The maximum atomic E-state index is 14.6. The van der Waals surface area contributed by atoms with Gasteiger partial charge in [0.2, 0.25) is 11.8 Å². The Bertz CT molecular complexity index is 1690. The molecule has 0 spiro atoms. The highest BCUT2D eigenvalue weighted by molar-refractivity contribution is 7.92. The molecule has 0 saturated carbocycles. The van der Waals surface area contributed by atoms with Crippen molar-refractivity contribution < 1.29 is 22.7 Å². The lowest BCUT2D eigenvalue weighted by molar-refractivity contribution is -0.140. The van der Waals surface area contributed by atoms with Crippen molar-refractivity contribution >= 4 is 39.1 Å². The third kappa shape index (κ3) is 8.44. The summed E-state index contributed by atoms with van der Waals surface area (Å²) in [5.41, 5.74) is 1.66. The summed E-state index contributed by atoms with van der Waals surface area (Å²) in [4.78, 5) is 29.9. The van der Waals surface area contributed by atoms with Crippen LogP contribution in [0.25, 0.3) is 0 Å². The number of anilines is 1. The molecule has 236 valence electrons. The van der Waals surface area contributed by atoms with Gasteiger partial charge in [0.15, 0.2) is 0 Å². The predicted molar refractivity (Wildman–Crippen MR) is 178 cm³/mol. The Balaban J connectivity index is 1.84. The first-order valence-corrected chi connectivity index (χ1v) is 16.6. The first kappa shape index (κ1) is 33.6. The Morgan fingerprint density at radius 1 is 0.867 bits per heavy atom. The van der Waals surface area contributed by atoms with Crippen LogP contribution in [0.2, 0.25) is 5.02 Å². The maximum absolute atomic E-state index is 14.6. The molecule has 0 saturated heterocycles. The molecule has 0 aliphatic heterocycles. The molecule has 10 heteroatoms. The standard InChI is InChI=1S/C35H38ClN3O5S/c1-4-26(2)37-35(41)32(23-27-15-7-5-8-16-27)38(24-28-17-11-12-20-30(28)36)34(40)25-39(31-21-13-14-22-33(31)44-3)45(42,43)29-18-9-6-10-19-29/h5-22,26,32H,4,23-25H2,1-3H3,(H,37,41)/t26-,32+/m0/s1. The van der Waals surface area contributed by atoms with Crippen LogP contribution in [-0.2, 0) is 32.6 Å². The monoisotopic (exact) mass is 647 g/mol. The molecule has 2 amide bonds. The van der Waals surface area contributed by atoms with E-state index in [1.165, 1.54) is 24.1 Å². The average Bonchev–Trinajstić information content (AvgIpc) is 3.06. The van der Waals surface area contributed by atoms with Crippen molar-refractivity contribution in [3.05, 3.63) is 125 Å². The number of hydrogen-bond acceptors (Lipinski definition) is 5. The number of ether oxygens (including phenoxy) is 1. The zero-order chi connectivity index (χ0) is 32.4. The summed E-state index contributed by atoms with van der Waals surface area (Å²) in [6.07, 6.45) is 0.901. The van der Waals surface area contributed by atoms with Gasteiger partial charge in [0.05, 0.1) is 17.7 Å². The van der Waals surface area contributed by atoms with Gasteiger partial charge in [-0.05, 0) is 54.8 Å². The number of rotatable bonds is 14. The van der Waals surface area contributed by atoms with Crippen LogP contribution < -0.4 is 14.4 Å². The van der Waals surface area contributed by atoms with Gasteiger partial charge in [-0.1, -0.05) is 97.4 Å². The number of sulfonamides is 1. The van der Waals surface area contributed by atoms with E-state index in [2.05, 4.69) is 5.32 Å². The fraction of sp³-hybridized carbons (Fsp3) is 0.257. The number of nitrogens with zero attached hydrogens (tertiary/aromatic N) is 2. The van der Waals surface area contributed by atoms with E-state index in [0.29, 0.717) is 17.0 Å². The molecule has 4 rings (SSSR count). The second-order valence-corrected chi connectivity index (χ2v) is 12.9. The molecule has 0 heterocycles. The van der Waals surface area contributed by atoms with Gasteiger partial charge in [0, 0.05) is 24.0 Å². The Morgan fingerprint density at radius 2 is 1.47 bits per heavy atom. The number of carbonyl (C=O) groups is 2. The Hall–Kier alpha value is -4.34. The molecule has 4 aromatic carbocycles. The number of amides is 2. The van der Waals surface area contributed by atoms with Crippen molar-refractivity contribution in [2.75, 3.05) is 18.0 Å². The Morgan fingerprint density at radius 3 is 2.11 bits per heavy atom. The molecule has 4 aromatic rings. The minimum atomic E-state index is -4.24. The number of halogens is 1. The fourth-order valence-corrected chi connectivity index (χ4v) is 6.52. The van der Waals surface area contributed by atoms with Crippen molar-refractivity contribution in [2.24, 2.45) is 0 Å². The Labute approximate surface area is 270 Å². The molecule has 45 heavy (non-hydrogen) atoms. The van der Waals surface area contributed by atoms with Gasteiger partial charge in [0.1, 0.15) is 18.3 Å². The van der Waals surface area contributed by atoms with Gasteiger partial charge in [-0.25, -0.2) is 8.42 Å². The van der Waals surface area contributed by atoms with Gasteiger partial charge in [-0.15, -0.1) is 0 Å². The van der Waals surface area contributed by atoms with E-state index in [9.17, 15) is 18.0 Å². The predicted octanol–water partition coefficient (Wildman–Crippen LogP) is 6.10. The van der Waals surface area contributed by atoms with Crippen LogP contribution in [0.15, 0.2) is 114 Å². The fourth-order valence-electron chi connectivity index (χ4n) is 4.87. The van der Waals surface area contributed by atoms with E-state index in [-0.39, 0.29) is 41.2 Å². The lowest BCUT2D eigenvalue weighted by atomic mass is 10.0. The molecule has 0 radical (unpaired) electrons. The molecule has 0 aromatic heterocycles. The number of nitrogens with one attached hydrogen (secondary N) is 1. The van der Waals surface area contributed by atoms with E-state index in [0.717, 1.165) is 9.87 Å². The topological polar surface area (TPSA) is 96.0 Å². The second-order valence-electron chi connectivity index (χ2n) is 10.6. The third-order valence-corrected chi connectivity index (χ3v) is 9.68. The molecule has 0 unspecified atom stereocenters. The van der Waals surface area contributed by atoms with E-state index >= 15 is 0 Å². The summed E-state index contributed by atoms with van der Waals surface area (Å²) in [6, 6.07) is 29.9. The van der Waals surface area contributed by atoms with Gasteiger partial charge in [-0.2, -0.15) is 0 Å². The second kappa shape index (κ2) is 15.6. The number of para-hydroxylation sites is 2. The van der Waals surface area contributed by atoms with Crippen LogP contribution in [0.1, 0.15) is 31.4 Å². The van der Waals surface area contributed by atoms with E-state index in [1.807, 2.05) is 44.2 Å². The summed E-state index contributed by atoms with van der Waals surface area (Å²) in [7, 11) is -2.81. The highest BCUT2D eigenvalue weighted by Gasteiger charge is 2.36. The van der Waals surface area contributed by atoms with Crippen molar-refractivity contribution in [2.45, 2.75) is 50.2 Å². The molecular formula is C35H38ClN3O5S. The summed E-state index contributed by atoms with van der Waals surface area (Å²) >= 11 is 6.56. The number of benzene rings is 4. The minimum Gasteiger partial charge on any atom is -0.495 e. The molecule has 0 aliphatic rings. The molecule has 8 nitrogen and oxygen atoms in total. The SMILES string of the molecule is CC[C@H](C)NC(=O)[C@@H](Cc1ccccc1)N(Cc1ccccc1Cl)C(=O)CN(c1ccccc1OC)S(=O)(=O)c1ccccc1. The van der Waals surface area contributed by atoms with Gasteiger partial charge in [-0.3, -0.25) is 13.9 Å². The summed E-state index contributed by atoms with van der Waals surface area (Å²) < 4.78 is 34.9. The van der Waals surface area contributed by atoms with Crippen LogP contribution in [0.4, 0.5) is 5.69 Å². The Kier molecular flexibility index (Phi) is 11.6. The van der Waals surface area contributed by atoms with E-state index in [4.69, 9.17) is 16.3 Å². The molecule has 0 aliphatic carbocycles. The smallest absolute Gasteiger partial charge is 0.264 e. The maximum Gasteiger partial charge on any atom is 0.264 e. The zero-order valence-corrected chi connectivity index (χ0v) is 27.2. The largest absolute Gasteiger partial charge is 0.495 e. The van der Waals surface area contributed by atoms with Gasteiger partial charge in [0.25, 0.3) is 10.0 Å². The highest BCUT2D eigenvalue weighted by atomic mass is 35.5. The number of hydrogen-bond donors (Lipinski definition) is 1. The van der Waals surface area contributed by atoms with Crippen molar-refractivity contribution in [1.29, 1.82) is 0 Å². The van der Waals surface area contributed by atoms with Crippen LogP contribution in [-0.4, -0.2) is 50.9 Å². The van der Waals surface area contributed by atoms with Crippen LogP contribution >= 0.6 is 11.6 Å². The quantitative estimate of drug-likeness (QED) is 0.179. The zero-order valence-electron chi connectivity index (χ0n) is 25.6. The molecule has 1 N–H and O–H groups in total.